The van der Waals surface area contributed by atoms with Crippen LogP contribution in [0.15, 0.2) is 17.1 Å². The first-order chi connectivity index (χ1) is 15.2. The van der Waals surface area contributed by atoms with Crippen LogP contribution in [0.25, 0.3) is 10.9 Å². The number of ketones is 1. The van der Waals surface area contributed by atoms with Gasteiger partial charge >= 0.3 is 5.97 Å². The second kappa shape index (κ2) is 9.68. The molecule has 1 atom stereocenters. The predicted molar refractivity (Wildman–Crippen MR) is 121 cm³/mol. The Morgan fingerprint density at radius 2 is 1.81 bits per heavy atom. The fraction of sp³-hybridized carbons (Fsp3) is 0.522. The van der Waals surface area contributed by atoms with Gasteiger partial charge in [0.05, 0.1) is 16.9 Å². The average molecular weight is 448 g/mol. The van der Waals surface area contributed by atoms with E-state index in [0.29, 0.717) is 48.7 Å². The molecular formula is C23H30FN3O5. The van der Waals surface area contributed by atoms with Crippen LogP contribution in [-0.2, 0) is 4.79 Å². The van der Waals surface area contributed by atoms with Crippen molar-refractivity contribution in [3.8, 4) is 5.75 Å². The van der Waals surface area contributed by atoms with Crippen molar-refractivity contribution < 1.29 is 23.8 Å². The molecule has 0 unspecified atom stereocenters. The second-order valence-electron chi connectivity index (χ2n) is 8.21. The number of piperazine rings is 1. The number of ether oxygens (including phenoxy) is 1. The highest BCUT2D eigenvalue weighted by Gasteiger charge is 2.30. The van der Waals surface area contributed by atoms with Crippen LogP contribution >= 0.6 is 0 Å². The first-order valence-electron chi connectivity index (χ1n) is 10.9. The lowest BCUT2D eigenvalue weighted by Gasteiger charge is -2.37. The zero-order valence-electron chi connectivity index (χ0n) is 19.0. The normalized spacial score (nSPS) is 18.0. The van der Waals surface area contributed by atoms with Crippen LogP contribution in [0.4, 0.5) is 10.1 Å². The summed E-state index contributed by atoms with van der Waals surface area (Å²) < 4.78 is 22.6. The Morgan fingerprint density at radius 3 is 2.34 bits per heavy atom. The molecule has 2 aliphatic rings. The van der Waals surface area contributed by atoms with Crippen molar-refractivity contribution in [2.45, 2.75) is 39.7 Å². The van der Waals surface area contributed by atoms with Crippen LogP contribution in [0.3, 0.4) is 0 Å². The quantitative estimate of drug-likeness (QED) is 0.770. The van der Waals surface area contributed by atoms with E-state index in [0.717, 1.165) is 19.2 Å². The number of aromatic nitrogens is 1. The minimum absolute atomic E-state index is 0.0434. The van der Waals surface area contributed by atoms with Crippen LogP contribution in [0.2, 0.25) is 0 Å². The number of anilines is 1. The fourth-order valence-corrected chi connectivity index (χ4v) is 3.94. The monoisotopic (exact) mass is 447 g/mol. The van der Waals surface area contributed by atoms with E-state index in [1.807, 2.05) is 32.7 Å². The molecule has 0 spiro atoms. The van der Waals surface area contributed by atoms with Gasteiger partial charge in [0.15, 0.2) is 11.6 Å². The van der Waals surface area contributed by atoms with E-state index in [1.165, 1.54) is 6.20 Å². The Morgan fingerprint density at radius 1 is 1.19 bits per heavy atom. The molecular weight excluding hydrogens is 417 g/mol. The summed E-state index contributed by atoms with van der Waals surface area (Å²) in [6.07, 6.45) is 2.72. The van der Waals surface area contributed by atoms with Crippen molar-refractivity contribution in [1.82, 2.24) is 9.47 Å². The zero-order chi connectivity index (χ0) is 23.6. The highest BCUT2D eigenvalue weighted by molar-refractivity contribution is 5.97. The number of hydrogen-bond acceptors (Lipinski definition) is 6. The molecule has 8 nitrogen and oxygen atoms in total. The summed E-state index contributed by atoms with van der Waals surface area (Å²) in [5.74, 6) is -1.20. The van der Waals surface area contributed by atoms with E-state index in [4.69, 9.17) is 4.74 Å². The molecule has 32 heavy (non-hydrogen) atoms. The number of hydrogen-bond donors (Lipinski definition) is 1. The van der Waals surface area contributed by atoms with E-state index >= 15 is 0 Å². The number of pyridine rings is 1. The summed E-state index contributed by atoms with van der Waals surface area (Å²) in [7, 11) is 2.02. The molecule has 2 aromatic rings. The molecule has 1 aromatic heterocycles. The molecule has 174 valence electrons. The van der Waals surface area contributed by atoms with Gasteiger partial charge in [-0.25, -0.2) is 9.18 Å². The third kappa shape index (κ3) is 4.48. The van der Waals surface area contributed by atoms with Crippen molar-refractivity contribution in [1.29, 1.82) is 0 Å². The third-order valence-corrected chi connectivity index (χ3v) is 5.98. The van der Waals surface area contributed by atoms with E-state index in [-0.39, 0.29) is 23.6 Å². The largest absolute Gasteiger partial charge is 0.487 e. The fourth-order valence-electron chi connectivity index (χ4n) is 3.94. The van der Waals surface area contributed by atoms with Crippen LogP contribution in [0.1, 0.15) is 50.0 Å². The molecule has 0 bridgehead atoms. The number of likely N-dealkylation sites (N-methyl/N-ethyl adjacent to an activating group) is 1. The van der Waals surface area contributed by atoms with Gasteiger partial charge in [-0.3, -0.25) is 9.59 Å². The lowest BCUT2D eigenvalue weighted by Crippen LogP contribution is -2.45. The zero-order valence-corrected chi connectivity index (χ0v) is 19.0. The van der Waals surface area contributed by atoms with Crippen molar-refractivity contribution in [3.63, 3.8) is 0 Å². The standard InChI is InChI=1S/C18H20FN3O4.C5H10O/c1-10-9-26-17-14-11(16(23)12(18(24)25)8-22(10)14)7-13(19)15(17)21-5-3-20(2)4-6-21;1-3-5(6)4-2/h7-8,10H,3-6,9H2,1-2H3,(H,24,25);3-4H2,1-2H3/t10-;/m0./s1. The molecule has 1 saturated heterocycles. The predicted octanol–water partition coefficient (Wildman–Crippen LogP) is 2.92. The van der Waals surface area contributed by atoms with Gasteiger partial charge in [0.25, 0.3) is 0 Å². The Bertz CT molecular complexity index is 1080. The third-order valence-electron chi connectivity index (χ3n) is 5.98. The molecule has 1 aromatic carbocycles. The van der Waals surface area contributed by atoms with Gasteiger partial charge in [-0.05, 0) is 20.0 Å². The number of Topliss-reactive ketones (excluding diaryl/α,β-unsaturated/α-hetero) is 1. The number of carbonyl (C=O) groups excluding carboxylic acids is 1. The van der Waals surface area contributed by atoms with Gasteiger partial charge in [0, 0.05) is 45.2 Å². The van der Waals surface area contributed by atoms with Gasteiger partial charge in [-0.1, -0.05) is 13.8 Å². The van der Waals surface area contributed by atoms with Crippen molar-refractivity contribution in [2.24, 2.45) is 0 Å². The average Bonchev–Trinajstić information content (AvgIpc) is 2.77. The minimum atomic E-state index is -1.32. The molecule has 4 rings (SSSR count). The van der Waals surface area contributed by atoms with Crippen LogP contribution < -0.4 is 15.1 Å². The summed E-state index contributed by atoms with van der Waals surface area (Å²) in [4.78, 5) is 38.3. The topological polar surface area (TPSA) is 92.1 Å². The molecule has 1 fully saturated rings. The maximum absolute atomic E-state index is 15.0. The van der Waals surface area contributed by atoms with E-state index in [1.54, 1.807) is 4.57 Å². The number of carboxylic acid groups (broad SMARTS) is 1. The summed E-state index contributed by atoms with van der Waals surface area (Å²) >= 11 is 0. The molecule has 0 amide bonds. The maximum atomic E-state index is 15.0. The number of carboxylic acids is 1. The summed E-state index contributed by atoms with van der Waals surface area (Å²) in [6.45, 7) is 8.84. The Balaban J connectivity index is 0.000000427. The number of halogens is 1. The van der Waals surface area contributed by atoms with E-state index < -0.39 is 17.2 Å². The molecule has 2 aliphatic heterocycles. The molecule has 0 radical (unpaired) electrons. The number of rotatable bonds is 4. The summed E-state index contributed by atoms with van der Waals surface area (Å²) in [5.41, 5.74) is -0.224. The first kappa shape index (κ1) is 23.7. The van der Waals surface area contributed by atoms with Crippen molar-refractivity contribution in [3.05, 3.63) is 33.9 Å². The molecule has 3 heterocycles. The van der Waals surface area contributed by atoms with Crippen LogP contribution in [-0.4, -0.2) is 66.2 Å². The lowest BCUT2D eigenvalue weighted by atomic mass is 10.1. The molecule has 1 N–H and O–H groups in total. The Labute approximate surface area is 186 Å². The van der Waals surface area contributed by atoms with Gasteiger partial charge < -0.3 is 24.2 Å². The van der Waals surface area contributed by atoms with Crippen LogP contribution in [0, 0.1) is 5.82 Å². The molecule has 0 aliphatic carbocycles. The van der Waals surface area contributed by atoms with Gasteiger partial charge in [0.2, 0.25) is 5.43 Å². The van der Waals surface area contributed by atoms with Gasteiger partial charge in [0.1, 0.15) is 23.6 Å². The van der Waals surface area contributed by atoms with E-state index in [2.05, 4.69) is 4.90 Å². The second-order valence-corrected chi connectivity index (χ2v) is 8.21. The number of carbonyl (C=O) groups is 2. The first-order valence-corrected chi connectivity index (χ1v) is 10.9. The highest BCUT2D eigenvalue weighted by atomic mass is 19.1. The SMILES string of the molecule is CCC(=O)CC.C[C@H]1COc2c(N3CCN(C)CC3)c(F)cc3c(=O)c(C(=O)O)cn1c23. The summed E-state index contributed by atoms with van der Waals surface area (Å²) in [5, 5.41) is 9.36. The number of aromatic carboxylic acids is 1. The summed E-state index contributed by atoms with van der Waals surface area (Å²) in [6, 6.07) is 0.994. The Hall–Kier alpha value is -2.94. The highest BCUT2D eigenvalue weighted by Crippen LogP contribution is 2.42. The van der Waals surface area contributed by atoms with Gasteiger partial charge in [-0.15, -0.1) is 0 Å². The minimum Gasteiger partial charge on any atom is -0.487 e. The van der Waals surface area contributed by atoms with E-state index in [9.17, 15) is 23.9 Å². The smallest absolute Gasteiger partial charge is 0.341 e. The number of benzene rings is 1. The lowest BCUT2D eigenvalue weighted by molar-refractivity contribution is -0.118. The van der Waals surface area contributed by atoms with Crippen LogP contribution in [0.5, 0.6) is 5.75 Å². The van der Waals surface area contributed by atoms with Crippen molar-refractivity contribution in [2.75, 3.05) is 44.7 Å². The number of nitrogens with zero attached hydrogens (tertiary/aromatic N) is 3. The maximum Gasteiger partial charge on any atom is 0.341 e. The molecule has 9 heteroatoms. The van der Waals surface area contributed by atoms with Gasteiger partial charge in [-0.2, -0.15) is 0 Å². The Kier molecular flexibility index (Phi) is 7.18. The molecule has 0 saturated carbocycles. The van der Waals surface area contributed by atoms with Crippen molar-refractivity contribution >= 4 is 28.3 Å².